The third-order valence-corrected chi connectivity index (χ3v) is 4.21. The predicted octanol–water partition coefficient (Wildman–Crippen LogP) is 4.25. The van der Waals surface area contributed by atoms with Crippen molar-refractivity contribution in [3.05, 3.63) is 0 Å². The van der Waals surface area contributed by atoms with E-state index in [1.54, 1.807) is 0 Å². The van der Waals surface area contributed by atoms with Crippen molar-refractivity contribution in [3.8, 4) is 0 Å². The van der Waals surface area contributed by atoms with Gasteiger partial charge in [-0.05, 0) is 66.2 Å². The Bertz CT molecular complexity index is 390. The summed E-state index contributed by atoms with van der Waals surface area (Å²) in [7, 11) is 0. The molecule has 2 heterocycles. The summed E-state index contributed by atoms with van der Waals surface area (Å²) in [6.07, 6.45) is 7.00. The Morgan fingerprint density at radius 3 is 1.40 bits per heavy atom. The molecule has 0 spiro atoms. The summed E-state index contributed by atoms with van der Waals surface area (Å²) in [5.41, 5.74) is 1.86. The average molecular weight is 276 g/mol. The summed E-state index contributed by atoms with van der Waals surface area (Å²) in [4.78, 5) is 9.29. The van der Waals surface area contributed by atoms with Crippen LogP contribution in [0.5, 0.6) is 0 Å². The molecule has 0 N–H and O–H groups in total. The lowest BCUT2D eigenvalue weighted by molar-refractivity contribution is 0.536. The summed E-state index contributed by atoms with van der Waals surface area (Å²) in [5.74, 6) is 0. The van der Waals surface area contributed by atoms with Gasteiger partial charge < -0.3 is 0 Å². The molecule has 20 heavy (non-hydrogen) atoms. The highest BCUT2D eigenvalue weighted by molar-refractivity contribution is 5.94. The predicted molar refractivity (Wildman–Crippen MR) is 85.3 cm³/mol. The van der Waals surface area contributed by atoms with Crippen LogP contribution in [0.15, 0.2) is 20.2 Å². The van der Waals surface area contributed by atoms with E-state index in [4.69, 9.17) is 0 Å². The summed E-state index contributed by atoms with van der Waals surface area (Å²) in [6.45, 7) is 10.4. The van der Waals surface area contributed by atoms with E-state index in [2.05, 4.69) is 47.9 Å². The lowest BCUT2D eigenvalue weighted by Crippen LogP contribution is -2.35. The highest BCUT2D eigenvalue weighted by Gasteiger charge is 2.30. The van der Waals surface area contributed by atoms with E-state index < -0.39 is 0 Å². The molecular weight excluding hydrogens is 248 g/mol. The van der Waals surface area contributed by atoms with Crippen LogP contribution in [0.1, 0.15) is 66.2 Å². The Balaban J connectivity index is 2.10. The molecule has 0 aliphatic carbocycles. The monoisotopic (exact) mass is 276 g/mol. The minimum atomic E-state index is -0.271. The SMILES string of the molecule is CC(C)(N=NC(C)(C)C1=NCCCC1)C1=NCCCC1. The molecule has 0 unspecified atom stereocenters. The zero-order valence-electron chi connectivity index (χ0n) is 13.4. The van der Waals surface area contributed by atoms with Crippen molar-refractivity contribution in [1.29, 1.82) is 0 Å². The first-order valence-corrected chi connectivity index (χ1v) is 7.93. The molecule has 0 amide bonds. The van der Waals surface area contributed by atoms with Crippen molar-refractivity contribution in [2.45, 2.75) is 77.3 Å². The third-order valence-electron chi connectivity index (χ3n) is 4.21. The molecule has 0 saturated heterocycles. The van der Waals surface area contributed by atoms with Crippen LogP contribution in [-0.2, 0) is 0 Å². The van der Waals surface area contributed by atoms with Gasteiger partial charge in [0.15, 0.2) is 0 Å². The van der Waals surface area contributed by atoms with E-state index in [9.17, 15) is 0 Å². The van der Waals surface area contributed by atoms with Crippen LogP contribution in [0.4, 0.5) is 0 Å². The molecule has 2 rings (SSSR count). The molecule has 0 bridgehead atoms. The van der Waals surface area contributed by atoms with Crippen LogP contribution >= 0.6 is 0 Å². The van der Waals surface area contributed by atoms with Crippen molar-refractivity contribution in [2.24, 2.45) is 20.2 Å². The largest absolute Gasteiger partial charge is 0.292 e. The Morgan fingerprint density at radius 1 is 0.700 bits per heavy atom. The second kappa shape index (κ2) is 6.15. The molecule has 0 atom stereocenters. The first kappa shape index (κ1) is 15.3. The smallest absolute Gasteiger partial charge is 0.113 e. The Hall–Kier alpha value is -1.06. The van der Waals surface area contributed by atoms with E-state index in [1.165, 1.54) is 37.1 Å². The van der Waals surface area contributed by atoms with Gasteiger partial charge in [-0.2, -0.15) is 10.2 Å². The fourth-order valence-electron chi connectivity index (χ4n) is 2.76. The van der Waals surface area contributed by atoms with Crippen molar-refractivity contribution in [3.63, 3.8) is 0 Å². The quantitative estimate of drug-likeness (QED) is 0.689. The van der Waals surface area contributed by atoms with Gasteiger partial charge in [-0.3, -0.25) is 9.98 Å². The maximum absolute atomic E-state index is 4.65. The normalized spacial score (nSPS) is 21.8. The van der Waals surface area contributed by atoms with Crippen LogP contribution in [0.25, 0.3) is 0 Å². The Morgan fingerprint density at radius 2 is 1.10 bits per heavy atom. The van der Waals surface area contributed by atoms with Gasteiger partial charge in [-0.15, -0.1) is 0 Å². The van der Waals surface area contributed by atoms with Gasteiger partial charge in [-0.1, -0.05) is 0 Å². The summed E-state index contributed by atoms with van der Waals surface area (Å²) < 4.78 is 0. The molecule has 2 aliphatic heterocycles. The van der Waals surface area contributed by atoms with Gasteiger partial charge in [0.1, 0.15) is 11.1 Å². The topological polar surface area (TPSA) is 49.4 Å². The summed E-state index contributed by atoms with van der Waals surface area (Å²) in [5, 5.41) is 9.28. The zero-order chi connectivity index (χ0) is 14.6. The molecule has 0 saturated carbocycles. The van der Waals surface area contributed by atoms with E-state index in [1.807, 2.05) is 0 Å². The fraction of sp³-hybridized carbons (Fsp3) is 0.875. The molecule has 2 aliphatic rings. The van der Waals surface area contributed by atoms with Crippen LogP contribution in [0.3, 0.4) is 0 Å². The van der Waals surface area contributed by atoms with Gasteiger partial charge in [-0.25, -0.2) is 0 Å². The third kappa shape index (κ3) is 3.74. The zero-order valence-corrected chi connectivity index (χ0v) is 13.4. The summed E-state index contributed by atoms with van der Waals surface area (Å²) in [6, 6.07) is 0. The number of rotatable bonds is 4. The first-order chi connectivity index (χ1) is 9.42. The molecule has 4 nitrogen and oxygen atoms in total. The molecule has 0 radical (unpaired) electrons. The van der Waals surface area contributed by atoms with Crippen molar-refractivity contribution in [1.82, 2.24) is 0 Å². The number of azo groups is 1. The van der Waals surface area contributed by atoms with Crippen LogP contribution in [0.2, 0.25) is 0 Å². The molecule has 0 aromatic carbocycles. The number of nitrogens with zero attached hydrogens (tertiary/aromatic N) is 4. The highest BCUT2D eigenvalue weighted by Crippen LogP contribution is 2.25. The van der Waals surface area contributed by atoms with Gasteiger partial charge in [0, 0.05) is 24.5 Å². The van der Waals surface area contributed by atoms with Crippen LogP contribution in [-0.4, -0.2) is 35.6 Å². The van der Waals surface area contributed by atoms with E-state index in [-0.39, 0.29) is 11.1 Å². The summed E-state index contributed by atoms with van der Waals surface area (Å²) >= 11 is 0. The minimum Gasteiger partial charge on any atom is -0.292 e. The van der Waals surface area contributed by atoms with Crippen LogP contribution < -0.4 is 0 Å². The maximum atomic E-state index is 4.65. The van der Waals surface area contributed by atoms with Gasteiger partial charge in [0.25, 0.3) is 0 Å². The lowest BCUT2D eigenvalue weighted by atomic mass is 9.92. The number of hydrogen-bond acceptors (Lipinski definition) is 4. The lowest BCUT2D eigenvalue weighted by Gasteiger charge is -2.28. The standard InChI is InChI=1S/C16H28N4/c1-15(2,13-9-5-7-11-17-13)19-20-16(3,4)14-10-6-8-12-18-14/h5-12H2,1-4H3. The van der Waals surface area contributed by atoms with Gasteiger partial charge in [0.2, 0.25) is 0 Å². The Labute approximate surface area is 122 Å². The van der Waals surface area contributed by atoms with Crippen molar-refractivity contribution < 1.29 is 0 Å². The molecular formula is C16H28N4. The van der Waals surface area contributed by atoms with Crippen molar-refractivity contribution >= 4 is 11.4 Å². The molecule has 0 fully saturated rings. The number of aliphatic imine (C=N–C) groups is 2. The number of hydrogen-bond donors (Lipinski definition) is 0. The van der Waals surface area contributed by atoms with Gasteiger partial charge >= 0.3 is 0 Å². The second-order valence-corrected chi connectivity index (χ2v) is 6.89. The molecule has 112 valence electrons. The second-order valence-electron chi connectivity index (χ2n) is 6.89. The maximum Gasteiger partial charge on any atom is 0.113 e. The van der Waals surface area contributed by atoms with E-state index in [0.717, 1.165) is 25.9 Å². The minimum absolute atomic E-state index is 0.271. The fourth-order valence-corrected chi connectivity index (χ4v) is 2.76. The Kier molecular flexibility index (Phi) is 4.71. The molecule has 4 heteroatoms. The first-order valence-electron chi connectivity index (χ1n) is 7.93. The molecule has 0 aromatic rings. The highest BCUT2D eigenvalue weighted by atomic mass is 15.2. The van der Waals surface area contributed by atoms with Crippen LogP contribution in [0, 0.1) is 0 Å². The van der Waals surface area contributed by atoms with Gasteiger partial charge in [0.05, 0.1) is 0 Å². The van der Waals surface area contributed by atoms with Crippen molar-refractivity contribution in [2.75, 3.05) is 13.1 Å². The average Bonchev–Trinajstić information content (AvgIpc) is 2.47. The van der Waals surface area contributed by atoms with E-state index >= 15 is 0 Å². The molecule has 0 aromatic heterocycles. The van der Waals surface area contributed by atoms with E-state index in [0.29, 0.717) is 0 Å².